The number of aromatic nitrogens is 2. The molecule has 1 aromatic carbocycles. The van der Waals surface area contributed by atoms with Crippen LogP contribution in [0.5, 0.6) is 11.5 Å². The summed E-state index contributed by atoms with van der Waals surface area (Å²) < 4.78 is 10.7. The van der Waals surface area contributed by atoms with Gasteiger partial charge in [-0.05, 0) is 37.1 Å². The predicted molar refractivity (Wildman–Crippen MR) is 100 cm³/mol. The van der Waals surface area contributed by atoms with E-state index in [1.807, 2.05) is 32.0 Å². The molecule has 0 atom stereocenters. The van der Waals surface area contributed by atoms with Gasteiger partial charge in [0.05, 0.1) is 10.3 Å². The second-order valence-corrected chi connectivity index (χ2v) is 6.86. The van der Waals surface area contributed by atoms with E-state index in [4.69, 9.17) is 9.47 Å². The zero-order valence-electron chi connectivity index (χ0n) is 14.5. The zero-order valence-corrected chi connectivity index (χ0v) is 15.3. The maximum Gasteiger partial charge on any atom is 0.261 e. The van der Waals surface area contributed by atoms with E-state index in [0.29, 0.717) is 18.0 Å². The Kier molecular flexibility index (Phi) is 4.34. The lowest BCUT2D eigenvalue weighted by atomic mass is 10.1. The number of thiophene rings is 1. The van der Waals surface area contributed by atoms with Gasteiger partial charge in [-0.2, -0.15) is 0 Å². The van der Waals surface area contributed by atoms with Gasteiger partial charge in [-0.25, -0.2) is 9.97 Å². The van der Waals surface area contributed by atoms with Crippen molar-refractivity contribution in [1.29, 1.82) is 0 Å². The largest absolute Gasteiger partial charge is 0.454 e. The number of aryl methyl sites for hydroxylation is 1. The number of hydrogen-bond acceptors (Lipinski definition) is 7. The third-order valence-corrected chi connectivity index (χ3v) is 5.37. The van der Waals surface area contributed by atoms with Gasteiger partial charge in [0, 0.05) is 13.1 Å². The summed E-state index contributed by atoms with van der Waals surface area (Å²) in [7, 11) is 0. The molecule has 7 nitrogen and oxygen atoms in total. The first-order chi connectivity index (χ1) is 12.7. The summed E-state index contributed by atoms with van der Waals surface area (Å²) in [5, 5.41) is 7.08. The summed E-state index contributed by atoms with van der Waals surface area (Å²) in [4.78, 5) is 22.4. The number of carbonyl (C=O) groups is 1. The lowest BCUT2D eigenvalue weighted by Gasteiger charge is -2.08. The molecule has 0 aliphatic carbocycles. The molecule has 3 aromatic rings. The van der Waals surface area contributed by atoms with Gasteiger partial charge in [0.2, 0.25) is 6.79 Å². The molecule has 2 N–H and O–H groups in total. The fourth-order valence-corrected chi connectivity index (χ4v) is 3.96. The Labute approximate surface area is 154 Å². The smallest absolute Gasteiger partial charge is 0.261 e. The first kappa shape index (κ1) is 16.6. The van der Waals surface area contributed by atoms with E-state index >= 15 is 0 Å². The van der Waals surface area contributed by atoms with Crippen LogP contribution in [0.4, 0.5) is 5.82 Å². The number of hydrogen-bond donors (Lipinski definition) is 2. The van der Waals surface area contributed by atoms with Crippen LogP contribution in [-0.4, -0.2) is 29.2 Å². The molecule has 0 bridgehead atoms. The van der Waals surface area contributed by atoms with E-state index in [0.717, 1.165) is 38.7 Å². The number of amides is 1. The van der Waals surface area contributed by atoms with Crippen molar-refractivity contribution < 1.29 is 14.3 Å². The van der Waals surface area contributed by atoms with Crippen LogP contribution in [0.2, 0.25) is 0 Å². The summed E-state index contributed by atoms with van der Waals surface area (Å²) in [6, 6.07) is 5.84. The monoisotopic (exact) mass is 370 g/mol. The number of rotatable bonds is 5. The molecule has 0 saturated heterocycles. The van der Waals surface area contributed by atoms with Crippen LogP contribution in [0.15, 0.2) is 24.5 Å². The molecule has 0 spiro atoms. The molecule has 0 fully saturated rings. The van der Waals surface area contributed by atoms with Crippen LogP contribution >= 0.6 is 11.3 Å². The molecule has 26 heavy (non-hydrogen) atoms. The van der Waals surface area contributed by atoms with E-state index in [2.05, 4.69) is 20.6 Å². The Bertz CT molecular complexity index is 986. The van der Waals surface area contributed by atoms with Gasteiger partial charge in [0.1, 0.15) is 17.0 Å². The maximum absolute atomic E-state index is 12.2. The van der Waals surface area contributed by atoms with Crippen molar-refractivity contribution in [3.63, 3.8) is 0 Å². The van der Waals surface area contributed by atoms with E-state index < -0.39 is 0 Å². The highest BCUT2D eigenvalue weighted by Gasteiger charge is 2.19. The van der Waals surface area contributed by atoms with Gasteiger partial charge in [0.15, 0.2) is 11.5 Å². The van der Waals surface area contributed by atoms with Gasteiger partial charge in [-0.3, -0.25) is 4.79 Å². The highest BCUT2D eigenvalue weighted by atomic mass is 32.1. The minimum absolute atomic E-state index is 0.0743. The lowest BCUT2D eigenvalue weighted by Crippen LogP contribution is -2.22. The first-order valence-corrected chi connectivity index (χ1v) is 9.13. The number of carbonyl (C=O) groups excluding carboxylic acids is 1. The molecule has 2 aromatic heterocycles. The van der Waals surface area contributed by atoms with Crippen molar-refractivity contribution >= 4 is 33.3 Å². The SMILES string of the molecule is CCNC(=O)c1sc2ncnc(NCc3ccc4c(c3)OCO4)c2c1C. The summed E-state index contributed by atoms with van der Waals surface area (Å²) in [6.45, 7) is 5.26. The van der Waals surface area contributed by atoms with Gasteiger partial charge in [-0.1, -0.05) is 6.07 Å². The molecule has 0 saturated carbocycles. The molecule has 3 heterocycles. The highest BCUT2D eigenvalue weighted by Crippen LogP contribution is 2.35. The van der Waals surface area contributed by atoms with E-state index in [1.165, 1.54) is 17.7 Å². The van der Waals surface area contributed by atoms with Crippen LogP contribution in [0.25, 0.3) is 10.2 Å². The van der Waals surface area contributed by atoms with E-state index in [-0.39, 0.29) is 12.7 Å². The van der Waals surface area contributed by atoms with Crippen molar-refractivity contribution in [3.05, 3.63) is 40.5 Å². The van der Waals surface area contributed by atoms with Crippen LogP contribution in [-0.2, 0) is 6.54 Å². The van der Waals surface area contributed by atoms with Crippen molar-refractivity contribution in [2.24, 2.45) is 0 Å². The molecule has 1 amide bonds. The normalized spacial score (nSPS) is 12.4. The number of benzene rings is 1. The average Bonchev–Trinajstić information content (AvgIpc) is 3.24. The fourth-order valence-electron chi connectivity index (χ4n) is 2.90. The molecule has 4 rings (SSSR count). The van der Waals surface area contributed by atoms with Crippen LogP contribution in [0.1, 0.15) is 27.7 Å². The Morgan fingerprint density at radius 1 is 1.27 bits per heavy atom. The Hall–Kier alpha value is -2.87. The third kappa shape index (κ3) is 2.92. The average molecular weight is 370 g/mol. The fraction of sp³-hybridized carbons (Fsp3) is 0.278. The van der Waals surface area contributed by atoms with Gasteiger partial charge < -0.3 is 20.1 Å². The minimum Gasteiger partial charge on any atom is -0.454 e. The molecule has 0 radical (unpaired) electrons. The second kappa shape index (κ2) is 6.80. The van der Waals surface area contributed by atoms with Crippen molar-refractivity contribution in [2.45, 2.75) is 20.4 Å². The van der Waals surface area contributed by atoms with Crippen LogP contribution in [0.3, 0.4) is 0 Å². The van der Waals surface area contributed by atoms with Crippen LogP contribution in [0, 0.1) is 6.92 Å². The van der Waals surface area contributed by atoms with Crippen molar-refractivity contribution in [3.8, 4) is 11.5 Å². The van der Waals surface area contributed by atoms with E-state index in [1.54, 1.807) is 0 Å². The van der Waals surface area contributed by atoms with Gasteiger partial charge in [0.25, 0.3) is 5.91 Å². The molecule has 8 heteroatoms. The topological polar surface area (TPSA) is 85.4 Å². The second-order valence-electron chi connectivity index (χ2n) is 5.86. The molecular weight excluding hydrogens is 352 g/mol. The minimum atomic E-state index is -0.0743. The molecular formula is C18H18N4O3S. The number of nitrogens with one attached hydrogen (secondary N) is 2. The first-order valence-electron chi connectivity index (χ1n) is 8.32. The maximum atomic E-state index is 12.2. The molecule has 134 valence electrons. The van der Waals surface area contributed by atoms with Crippen molar-refractivity contribution in [1.82, 2.24) is 15.3 Å². The Balaban J connectivity index is 1.61. The molecule has 1 aliphatic heterocycles. The summed E-state index contributed by atoms with van der Waals surface area (Å²) in [6.07, 6.45) is 1.52. The quantitative estimate of drug-likeness (QED) is 0.718. The number of anilines is 1. The highest BCUT2D eigenvalue weighted by molar-refractivity contribution is 7.20. The molecule has 1 aliphatic rings. The number of fused-ring (bicyclic) bond motifs is 2. The molecule has 0 unspecified atom stereocenters. The van der Waals surface area contributed by atoms with Crippen molar-refractivity contribution in [2.75, 3.05) is 18.7 Å². The van der Waals surface area contributed by atoms with Gasteiger partial charge in [-0.15, -0.1) is 11.3 Å². The lowest BCUT2D eigenvalue weighted by molar-refractivity contribution is 0.0959. The number of ether oxygens (including phenoxy) is 2. The number of nitrogens with zero attached hydrogens (tertiary/aromatic N) is 2. The standard InChI is InChI=1S/C18H18N4O3S/c1-3-19-17(23)15-10(2)14-16(21-8-22-18(14)26-15)20-7-11-4-5-12-13(6-11)25-9-24-12/h4-6,8H,3,7,9H2,1-2H3,(H,19,23)(H,20,21,22). The predicted octanol–water partition coefficient (Wildman–Crippen LogP) is 3.09. The summed E-state index contributed by atoms with van der Waals surface area (Å²) in [5.74, 6) is 2.16. The summed E-state index contributed by atoms with van der Waals surface area (Å²) >= 11 is 1.38. The third-order valence-electron chi connectivity index (χ3n) is 4.17. The zero-order chi connectivity index (χ0) is 18.1. The van der Waals surface area contributed by atoms with E-state index in [9.17, 15) is 4.79 Å². The Morgan fingerprint density at radius 2 is 2.12 bits per heavy atom. The summed E-state index contributed by atoms with van der Waals surface area (Å²) in [5.41, 5.74) is 1.95. The Morgan fingerprint density at radius 3 is 2.96 bits per heavy atom. The van der Waals surface area contributed by atoms with Crippen LogP contribution < -0.4 is 20.1 Å². The van der Waals surface area contributed by atoms with Gasteiger partial charge >= 0.3 is 0 Å².